The molecule has 106 valence electrons. The Morgan fingerprint density at radius 1 is 1.30 bits per heavy atom. The Morgan fingerprint density at radius 2 is 2.05 bits per heavy atom. The molecular weight excluding hydrogens is 346 g/mol. The highest BCUT2D eigenvalue weighted by molar-refractivity contribution is 9.10. The van der Waals surface area contributed by atoms with Crippen molar-refractivity contribution < 1.29 is 13.5 Å². The van der Waals surface area contributed by atoms with Crippen molar-refractivity contribution in [2.45, 2.75) is 11.4 Å². The molecule has 6 nitrogen and oxygen atoms in total. The van der Waals surface area contributed by atoms with Gasteiger partial charge < -0.3 is 10.8 Å². The smallest absolute Gasteiger partial charge is 0.242 e. The molecule has 0 unspecified atom stereocenters. The normalized spacial score (nSPS) is 11.4. The second-order valence-electron chi connectivity index (χ2n) is 4.05. The summed E-state index contributed by atoms with van der Waals surface area (Å²) in [6.45, 7) is -0.0638. The first-order valence-electron chi connectivity index (χ1n) is 5.56. The quantitative estimate of drug-likeness (QED) is 0.569. The van der Waals surface area contributed by atoms with Gasteiger partial charge in [0.05, 0.1) is 0 Å². The van der Waals surface area contributed by atoms with E-state index in [2.05, 4.69) is 25.6 Å². The summed E-state index contributed by atoms with van der Waals surface area (Å²) in [5, 5.41) is 9.64. The number of hydrogen-bond donors (Lipinski definition) is 3. The number of nitrogen functional groups attached to an aromatic ring is 1. The highest BCUT2D eigenvalue weighted by atomic mass is 79.9. The van der Waals surface area contributed by atoms with E-state index < -0.39 is 10.0 Å². The van der Waals surface area contributed by atoms with Crippen LogP contribution < -0.4 is 10.5 Å². The molecule has 1 aromatic heterocycles. The lowest BCUT2D eigenvalue weighted by molar-refractivity contribution is 0.467. The standard InChI is InChI=1S/C12H12BrN3O3S/c13-9-4-11(7-15-6-9)20(18,19)16-5-8-3-10(14)1-2-12(8)17/h1-4,6-7,16-17H,5,14H2. The lowest BCUT2D eigenvalue weighted by Crippen LogP contribution is -2.23. The first-order chi connectivity index (χ1) is 9.38. The van der Waals surface area contributed by atoms with Crippen molar-refractivity contribution >= 4 is 31.6 Å². The van der Waals surface area contributed by atoms with Gasteiger partial charge in [-0.3, -0.25) is 4.98 Å². The van der Waals surface area contributed by atoms with Gasteiger partial charge in [0.1, 0.15) is 10.6 Å². The number of anilines is 1. The van der Waals surface area contributed by atoms with Crippen LogP contribution in [0.25, 0.3) is 0 Å². The van der Waals surface area contributed by atoms with Crippen molar-refractivity contribution in [1.82, 2.24) is 9.71 Å². The number of hydrogen-bond acceptors (Lipinski definition) is 5. The van der Waals surface area contributed by atoms with Crippen LogP contribution in [0.1, 0.15) is 5.56 Å². The molecule has 1 heterocycles. The number of phenolic OH excluding ortho intramolecular Hbond substituents is 1. The van der Waals surface area contributed by atoms with Crippen LogP contribution >= 0.6 is 15.9 Å². The molecule has 0 bridgehead atoms. The van der Waals surface area contributed by atoms with Gasteiger partial charge in [0.2, 0.25) is 10.0 Å². The highest BCUT2D eigenvalue weighted by Gasteiger charge is 2.15. The molecule has 2 rings (SSSR count). The Morgan fingerprint density at radius 3 is 2.75 bits per heavy atom. The Labute approximate surface area is 124 Å². The van der Waals surface area contributed by atoms with Crippen molar-refractivity contribution in [2.24, 2.45) is 0 Å². The maximum atomic E-state index is 12.1. The molecule has 0 aliphatic rings. The number of nitrogens with two attached hydrogens (primary N) is 1. The van der Waals surface area contributed by atoms with Crippen LogP contribution in [-0.4, -0.2) is 18.5 Å². The lowest BCUT2D eigenvalue weighted by Gasteiger charge is -2.09. The Bertz CT molecular complexity index is 734. The van der Waals surface area contributed by atoms with Gasteiger partial charge in [-0.2, -0.15) is 0 Å². The van der Waals surface area contributed by atoms with E-state index in [1.807, 2.05) is 0 Å². The van der Waals surface area contributed by atoms with E-state index in [1.165, 1.54) is 36.7 Å². The Kier molecular flexibility index (Phi) is 4.26. The maximum absolute atomic E-state index is 12.1. The largest absolute Gasteiger partial charge is 0.508 e. The molecule has 0 aliphatic heterocycles. The van der Waals surface area contributed by atoms with E-state index in [1.54, 1.807) is 0 Å². The van der Waals surface area contributed by atoms with Crippen molar-refractivity contribution in [3.05, 3.63) is 46.7 Å². The van der Waals surface area contributed by atoms with Crippen molar-refractivity contribution in [1.29, 1.82) is 0 Å². The van der Waals surface area contributed by atoms with Crippen LogP contribution in [0.2, 0.25) is 0 Å². The summed E-state index contributed by atoms with van der Waals surface area (Å²) in [4.78, 5) is 3.84. The number of sulfonamides is 1. The van der Waals surface area contributed by atoms with E-state index in [4.69, 9.17) is 5.73 Å². The van der Waals surface area contributed by atoms with Crippen LogP contribution in [0.5, 0.6) is 5.75 Å². The van der Waals surface area contributed by atoms with Crippen molar-refractivity contribution in [2.75, 3.05) is 5.73 Å². The third kappa shape index (κ3) is 3.47. The van der Waals surface area contributed by atoms with Crippen LogP contribution in [-0.2, 0) is 16.6 Å². The number of pyridine rings is 1. The molecule has 2 aromatic rings. The zero-order chi connectivity index (χ0) is 14.8. The van der Waals surface area contributed by atoms with Crippen molar-refractivity contribution in [3.63, 3.8) is 0 Å². The van der Waals surface area contributed by atoms with Gasteiger partial charge in [0, 0.05) is 34.7 Å². The summed E-state index contributed by atoms with van der Waals surface area (Å²) >= 11 is 3.16. The van der Waals surface area contributed by atoms with Gasteiger partial charge >= 0.3 is 0 Å². The van der Waals surface area contributed by atoms with E-state index >= 15 is 0 Å². The molecule has 0 aliphatic carbocycles. The summed E-state index contributed by atoms with van der Waals surface area (Å²) in [6.07, 6.45) is 2.73. The molecule has 20 heavy (non-hydrogen) atoms. The third-order valence-electron chi connectivity index (χ3n) is 2.55. The zero-order valence-corrected chi connectivity index (χ0v) is 12.6. The van der Waals surface area contributed by atoms with Crippen molar-refractivity contribution in [3.8, 4) is 5.75 Å². The molecule has 0 atom stereocenters. The number of phenols is 1. The van der Waals surface area contributed by atoms with Gasteiger partial charge in [0.15, 0.2) is 0 Å². The van der Waals surface area contributed by atoms with Gasteiger partial charge in [-0.1, -0.05) is 0 Å². The number of aromatic hydroxyl groups is 1. The third-order valence-corrected chi connectivity index (χ3v) is 4.35. The maximum Gasteiger partial charge on any atom is 0.242 e. The van der Waals surface area contributed by atoms with E-state index in [0.717, 1.165) is 0 Å². The minimum Gasteiger partial charge on any atom is -0.508 e. The summed E-state index contributed by atoms with van der Waals surface area (Å²) in [5.74, 6) is -0.0192. The second kappa shape index (κ2) is 5.78. The minimum absolute atomic E-state index is 0.0192. The highest BCUT2D eigenvalue weighted by Crippen LogP contribution is 2.20. The predicted octanol–water partition coefficient (Wildman–Crippen LogP) is 1.61. The van der Waals surface area contributed by atoms with Gasteiger partial charge in [-0.25, -0.2) is 13.1 Å². The first kappa shape index (κ1) is 14.8. The molecule has 0 saturated heterocycles. The summed E-state index contributed by atoms with van der Waals surface area (Å²) in [6, 6.07) is 5.90. The predicted molar refractivity (Wildman–Crippen MR) is 78.5 cm³/mol. The Hall–Kier alpha value is -1.64. The number of rotatable bonds is 4. The fraction of sp³-hybridized carbons (Fsp3) is 0.0833. The first-order valence-corrected chi connectivity index (χ1v) is 7.84. The summed E-state index contributed by atoms with van der Waals surface area (Å²) in [7, 11) is -3.71. The fourth-order valence-electron chi connectivity index (χ4n) is 1.54. The average molecular weight is 358 g/mol. The van der Waals surface area contributed by atoms with Crippen LogP contribution in [0.3, 0.4) is 0 Å². The minimum atomic E-state index is -3.71. The average Bonchev–Trinajstić information content (AvgIpc) is 2.40. The summed E-state index contributed by atoms with van der Waals surface area (Å²) in [5.41, 5.74) is 6.44. The number of nitrogens with one attached hydrogen (secondary N) is 1. The fourth-order valence-corrected chi connectivity index (χ4v) is 3.05. The van der Waals surface area contributed by atoms with E-state index in [0.29, 0.717) is 15.7 Å². The number of aromatic nitrogens is 1. The molecule has 1 aromatic carbocycles. The van der Waals surface area contributed by atoms with E-state index in [9.17, 15) is 13.5 Å². The molecule has 0 amide bonds. The lowest BCUT2D eigenvalue weighted by atomic mass is 10.2. The van der Waals surface area contributed by atoms with Gasteiger partial charge in [0.25, 0.3) is 0 Å². The van der Waals surface area contributed by atoms with Crippen LogP contribution in [0.4, 0.5) is 5.69 Å². The molecule has 4 N–H and O–H groups in total. The Balaban J connectivity index is 2.19. The topological polar surface area (TPSA) is 105 Å². The van der Waals surface area contributed by atoms with Gasteiger partial charge in [-0.05, 0) is 40.2 Å². The van der Waals surface area contributed by atoms with Crippen LogP contribution in [0, 0.1) is 0 Å². The van der Waals surface area contributed by atoms with Gasteiger partial charge in [-0.15, -0.1) is 0 Å². The number of halogens is 1. The second-order valence-corrected chi connectivity index (χ2v) is 6.73. The molecule has 0 radical (unpaired) electrons. The SMILES string of the molecule is Nc1ccc(O)c(CNS(=O)(=O)c2cncc(Br)c2)c1. The zero-order valence-electron chi connectivity index (χ0n) is 10.2. The molecule has 0 saturated carbocycles. The number of nitrogens with zero attached hydrogens (tertiary/aromatic N) is 1. The molecule has 8 heteroatoms. The monoisotopic (exact) mass is 357 g/mol. The summed E-state index contributed by atoms with van der Waals surface area (Å²) < 4.78 is 27.1. The van der Waals surface area contributed by atoms with E-state index in [-0.39, 0.29) is 17.2 Å². The number of benzene rings is 1. The molecule has 0 fully saturated rings. The van der Waals surface area contributed by atoms with Crippen LogP contribution in [0.15, 0.2) is 46.0 Å². The molecular formula is C12H12BrN3O3S. The molecule has 0 spiro atoms.